The monoisotopic (exact) mass is 361 g/mol. The zero-order chi connectivity index (χ0) is 19.0. The van der Waals surface area contributed by atoms with E-state index >= 15 is 0 Å². The van der Waals surface area contributed by atoms with Crippen molar-refractivity contribution in [1.82, 2.24) is 15.2 Å². The van der Waals surface area contributed by atoms with Gasteiger partial charge >= 0.3 is 5.97 Å². The number of nitrogens with zero attached hydrogens (tertiary/aromatic N) is 1. The van der Waals surface area contributed by atoms with Crippen molar-refractivity contribution in [3.63, 3.8) is 0 Å². The van der Waals surface area contributed by atoms with E-state index in [4.69, 9.17) is 5.11 Å². The summed E-state index contributed by atoms with van der Waals surface area (Å²) in [6, 6.07) is 0.267. The summed E-state index contributed by atoms with van der Waals surface area (Å²) in [5.74, 6) is -0.415. The number of carboxylic acid groups (broad SMARTS) is 1. The molecule has 2 saturated carbocycles. The third-order valence-corrected chi connectivity index (χ3v) is 5.51. The molecule has 142 valence electrons. The predicted octanol–water partition coefficient (Wildman–Crippen LogP) is 1.89. The average molecular weight is 361 g/mol. The van der Waals surface area contributed by atoms with Gasteiger partial charge < -0.3 is 15.4 Å². The van der Waals surface area contributed by atoms with Gasteiger partial charge in [-0.25, -0.2) is 0 Å². The standard InChI is InChI=1S/C19H27N3O4/c1-10-17(12(3)23)11(2)20-18(10)19(26)21-14-6-15(7-14)22(9-16(24)25)8-13-4-5-13/h13-15,20H,4-9H2,1-3H3,(H,21,26)(H,24,25). The first-order chi connectivity index (χ1) is 12.3. The number of aliphatic carboxylic acids is 1. The summed E-state index contributed by atoms with van der Waals surface area (Å²) in [5, 5.41) is 12.1. The fraction of sp³-hybridized carbons (Fsp3) is 0.632. The number of nitrogens with one attached hydrogen (secondary N) is 2. The van der Waals surface area contributed by atoms with E-state index in [1.165, 1.54) is 19.8 Å². The highest BCUT2D eigenvalue weighted by Gasteiger charge is 2.38. The van der Waals surface area contributed by atoms with Crippen molar-refractivity contribution in [2.45, 2.75) is 58.5 Å². The van der Waals surface area contributed by atoms with Crippen LogP contribution in [0.3, 0.4) is 0 Å². The van der Waals surface area contributed by atoms with E-state index in [0.717, 1.165) is 19.4 Å². The molecule has 0 aromatic carbocycles. The van der Waals surface area contributed by atoms with Crippen LogP contribution in [0, 0.1) is 19.8 Å². The van der Waals surface area contributed by atoms with Crippen molar-refractivity contribution in [3.8, 4) is 0 Å². The zero-order valence-electron chi connectivity index (χ0n) is 15.6. The van der Waals surface area contributed by atoms with E-state index < -0.39 is 5.97 Å². The van der Waals surface area contributed by atoms with Crippen molar-refractivity contribution in [1.29, 1.82) is 0 Å². The molecule has 0 spiro atoms. The molecule has 0 atom stereocenters. The number of aromatic amines is 1. The maximum absolute atomic E-state index is 12.5. The Hall–Kier alpha value is -2.15. The van der Waals surface area contributed by atoms with Gasteiger partial charge in [0, 0.05) is 29.9 Å². The Labute approximate surface area is 153 Å². The van der Waals surface area contributed by atoms with E-state index in [0.29, 0.717) is 28.4 Å². The van der Waals surface area contributed by atoms with Gasteiger partial charge in [0.05, 0.1) is 6.54 Å². The van der Waals surface area contributed by atoms with E-state index in [1.807, 2.05) is 4.90 Å². The fourth-order valence-corrected chi connectivity index (χ4v) is 3.92. The number of Topliss-reactive ketones (excluding diaryl/α,β-unsaturated/α-hetero) is 1. The Bertz CT molecular complexity index is 729. The van der Waals surface area contributed by atoms with E-state index in [1.54, 1.807) is 13.8 Å². The molecule has 0 saturated heterocycles. The summed E-state index contributed by atoms with van der Waals surface area (Å²) >= 11 is 0. The summed E-state index contributed by atoms with van der Waals surface area (Å²) in [6.07, 6.45) is 3.91. The Balaban J connectivity index is 1.56. The van der Waals surface area contributed by atoms with Gasteiger partial charge in [-0.1, -0.05) is 0 Å². The number of carbonyl (C=O) groups excluding carboxylic acids is 2. The van der Waals surface area contributed by atoms with Gasteiger partial charge in [0.2, 0.25) is 0 Å². The van der Waals surface area contributed by atoms with Crippen molar-refractivity contribution in [2.75, 3.05) is 13.1 Å². The molecule has 7 heteroatoms. The first-order valence-corrected chi connectivity index (χ1v) is 9.23. The third kappa shape index (κ3) is 3.98. The van der Waals surface area contributed by atoms with Gasteiger partial charge in [-0.15, -0.1) is 0 Å². The highest BCUT2D eigenvalue weighted by atomic mass is 16.4. The van der Waals surface area contributed by atoms with Crippen molar-refractivity contribution in [2.24, 2.45) is 5.92 Å². The van der Waals surface area contributed by atoms with Crippen molar-refractivity contribution in [3.05, 3.63) is 22.5 Å². The first kappa shape index (κ1) is 18.6. The Morgan fingerprint density at radius 1 is 1.23 bits per heavy atom. The molecule has 0 aliphatic heterocycles. The molecule has 26 heavy (non-hydrogen) atoms. The van der Waals surface area contributed by atoms with Crippen LogP contribution in [0.15, 0.2) is 0 Å². The highest BCUT2D eigenvalue weighted by Crippen LogP contribution is 2.34. The highest BCUT2D eigenvalue weighted by molar-refractivity contribution is 6.02. The molecule has 0 bridgehead atoms. The second-order valence-electron chi connectivity index (χ2n) is 7.74. The summed E-state index contributed by atoms with van der Waals surface area (Å²) in [5.41, 5.74) is 2.42. The number of aromatic nitrogens is 1. The van der Waals surface area contributed by atoms with Gasteiger partial charge in [-0.2, -0.15) is 0 Å². The average Bonchev–Trinajstić information content (AvgIpc) is 3.24. The number of ketones is 1. The molecule has 7 nitrogen and oxygen atoms in total. The number of rotatable bonds is 8. The lowest BCUT2D eigenvalue weighted by Crippen LogP contribution is -2.55. The minimum Gasteiger partial charge on any atom is -0.480 e. The van der Waals surface area contributed by atoms with Gasteiger partial charge in [0.15, 0.2) is 5.78 Å². The third-order valence-electron chi connectivity index (χ3n) is 5.51. The molecule has 2 fully saturated rings. The minimum atomic E-state index is -0.799. The van der Waals surface area contributed by atoms with E-state index in [2.05, 4.69) is 10.3 Å². The van der Waals surface area contributed by atoms with Crippen LogP contribution >= 0.6 is 0 Å². The van der Waals surface area contributed by atoms with Crippen LogP contribution in [0.25, 0.3) is 0 Å². The Morgan fingerprint density at radius 3 is 2.38 bits per heavy atom. The van der Waals surface area contributed by atoms with Crippen LogP contribution in [0.5, 0.6) is 0 Å². The first-order valence-electron chi connectivity index (χ1n) is 9.23. The number of aryl methyl sites for hydroxylation is 1. The largest absolute Gasteiger partial charge is 0.480 e. The smallest absolute Gasteiger partial charge is 0.317 e. The van der Waals surface area contributed by atoms with Crippen LogP contribution in [-0.4, -0.2) is 57.8 Å². The topological polar surface area (TPSA) is 103 Å². The molecule has 0 radical (unpaired) electrons. The quantitative estimate of drug-likeness (QED) is 0.614. The number of H-pyrrole nitrogens is 1. The summed E-state index contributed by atoms with van der Waals surface area (Å²) in [4.78, 5) is 40.4. The second kappa shape index (κ2) is 7.23. The molecule has 0 unspecified atom stereocenters. The van der Waals surface area contributed by atoms with Crippen molar-refractivity contribution < 1.29 is 19.5 Å². The Morgan fingerprint density at radius 2 is 1.88 bits per heavy atom. The second-order valence-corrected chi connectivity index (χ2v) is 7.74. The summed E-state index contributed by atoms with van der Waals surface area (Å²) in [6.45, 7) is 5.98. The number of carboxylic acids is 1. The SMILES string of the molecule is CC(=O)c1c(C)[nH]c(C(=O)NC2CC(N(CC(=O)O)CC3CC3)C2)c1C. The molecular weight excluding hydrogens is 334 g/mol. The number of hydrogen-bond donors (Lipinski definition) is 3. The zero-order valence-corrected chi connectivity index (χ0v) is 15.6. The van der Waals surface area contributed by atoms with Crippen LogP contribution in [0.4, 0.5) is 0 Å². The van der Waals surface area contributed by atoms with Crippen LogP contribution in [0.1, 0.15) is 64.7 Å². The molecule has 2 aliphatic carbocycles. The normalized spacial score (nSPS) is 22.2. The molecule has 1 amide bonds. The van der Waals surface area contributed by atoms with Gasteiger partial charge in [0.1, 0.15) is 5.69 Å². The molecule has 1 aromatic rings. The predicted molar refractivity (Wildman–Crippen MR) is 96.5 cm³/mol. The van der Waals surface area contributed by atoms with Gasteiger partial charge in [0.25, 0.3) is 5.91 Å². The lowest BCUT2D eigenvalue weighted by Gasteiger charge is -2.42. The number of carbonyl (C=O) groups is 3. The van der Waals surface area contributed by atoms with E-state index in [-0.39, 0.29) is 30.3 Å². The maximum Gasteiger partial charge on any atom is 0.317 e. The minimum absolute atomic E-state index is 0.0479. The maximum atomic E-state index is 12.5. The van der Waals surface area contributed by atoms with Crippen molar-refractivity contribution >= 4 is 17.7 Å². The van der Waals surface area contributed by atoms with Gasteiger partial charge in [-0.3, -0.25) is 19.3 Å². The summed E-state index contributed by atoms with van der Waals surface area (Å²) in [7, 11) is 0. The fourth-order valence-electron chi connectivity index (χ4n) is 3.92. The number of amides is 1. The summed E-state index contributed by atoms with van der Waals surface area (Å²) < 4.78 is 0. The van der Waals surface area contributed by atoms with Gasteiger partial charge in [-0.05, 0) is 57.9 Å². The molecule has 2 aliphatic rings. The van der Waals surface area contributed by atoms with Crippen LogP contribution in [-0.2, 0) is 4.79 Å². The molecule has 3 N–H and O–H groups in total. The molecular formula is C19H27N3O4. The lowest BCUT2D eigenvalue weighted by molar-refractivity contribution is -0.139. The van der Waals surface area contributed by atoms with Crippen LogP contribution < -0.4 is 5.32 Å². The number of hydrogen-bond acceptors (Lipinski definition) is 4. The molecule has 1 aromatic heterocycles. The van der Waals surface area contributed by atoms with E-state index in [9.17, 15) is 14.4 Å². The lowest BCUT2D eigenvalue weighted by atomic mass is 9.85. The molecule has 3 rings (SSSR count). The molecule has 1 heterocycles. The Kier molecular flexibility index (Phi) is 5.18. The van der Waals surface area contributed by atoms with Crippen LogP contribution in [0.2, 0.25) is 0 Å².